The van der Waals surface area contributed by atoms with Gasteiger partial charge < -0.3 is 15.3 Å². The van der Waals surface area contributed by atoms with Crippen molar-refractivity contribution >= 4 is 23.3 Å². The molecule has 17 heavy (non-hydrogen) atoms. The normalized spacial score (nSPS) is 12.2. The van der Waals surface area contributed by atoms with E-state index < -0.39 is 17.8 Å². The molecule has 0 amide bonds. The number of benzene rings is 1. The summed E-state index contributed by atoms with van der Waals surface area (Å²) < 4.78 is 13.5. The number of hydrogen-bond acceptors (Lipinski definition) is 3. The van der Waals surface area contributed by atoms with Crippen molar-refractivity contribution < 1.29 is 14.3 Å². The van der Waals surface area contributed by atoms with Crippen LogP contribution in [0.2, 0.25) is 5.02 Å². The molecule has 0 saturated carbocycles. The Morgan fingerprint density at radius 2 is 2.29 bits per heavy atom. The van der Waals surface area contributed by atoms with Gasteiger partial charge in [0.05, 0.1) is 5.69 Å². The quantitative estimate of drug-likeness (QED) is 0.844. The minimum absolute atomic E-state index is 0.142. The van der Waals surface area contributed by atoms with E-state index in [1.807, 2.05) is 0 Å². The molecule has 2 N–H and O–H groups in total. The van der Waals surface area contributed by atoms with Gasteiger partial charge in [-0.15, -0.1) is 0 Å². The Kier molecular flexibility index (Phi) is 4.72. The Balaban J connectivity index is 2.85. The first-order valence-electron chi connectivity index (χ1n) is 5.02. The topological polar surface area (TPSA) is 52.6 Å². The van der Waals surface area contributed by atoms with Crippen LogP contribution in [0.15, 0.2) is 18.2 Å². The maximum Gasteiger partial charge on any atom is 0.322 e. The molecule has 0 aliphatic rings. The number of likely N-dealkylation sites (N-methyl/N-ethyl adjacent to an activating group) is 2. The first-order valence-corrected chi connectivity index (χ1v) is 5.39. The summed E-state index contributed by atoms with van der Waals surface area (Å²) in [5.41, 5.74) is 0.277. The van der Waals surface area contributed by atoms with Gasteiger partial charge in [-0.05, 0) is 25.2 Å². The van der Waals surface area contributed by atoms with E-state index in [9.17, 15) is 9.18 Å². The second-order valence-electron chi connectivity index (χ2n) is 3.66. The van der Waals surface area contributed by atoms with E-state index in [4.69, 9.17) is 16.7 Å². The maximum atomic E-state index is 13.5. The fourth-order valence-electron chi connectivity index (χ4n) is 1.44. The lowest BCUT2D eigenvalue weighted by Crippen LogP contribution is -2.43. The molecule has 1 rings (SSSR count). The van der Waals surface area contributed by atoms with Gasteiger partial charge in [0, 0.05) is 18.6 Å². The van der Waals surface area contributed by atoms with Gasteiger partial charge in [-0.3, -0.25) is 4.79 Å². The molecule has 1 aromatic carbocycles. The average molecular weight is 261 g/mol. The summed E-state index contributed by atoms with van der Waals surface area (Å²) in [5.74, 6) is -1.42. The Morgan fingerprint density at radius 1 is 1.65 bits per heavy atom. The van der Waals surface area contributed by atoms with Crippen molar-refractivity contribution in [2.24, 2.45) is 0 Å². The van der Waals surface area contributed by atoms with Gasteiger partial charge in [0.25, 0.3) is 0 Å². The van der Waals surface area contributed by atoms with Crippen molar-refractivity contribution in [1.82, 2.24) is 5.32 Å². The molecule has 0 spiro atoms. The van der Waals surface area contributed by atoms with Crippen molar-refractivity contribution in [2.45, 2.75) is 6.04 Å². The zero-order valence-electron chi connectivity index (χ0n) is 9.58. The van der Waals surface area contributed by atoms with Gasteiger partial charge in [0.2, 0.25) is 0 Å². The van der Waals surface area contributed by atoms with Crippen molar-refractivity contribution in [3.8, 4) is 0 Å². The largest absolute Gasteiger partial charge is 0.480 e. The van der Waals surface area contributed by atoms with Crippen LogP contribution in [0.5, 0.6) is 0 Å². The van der Waals surface area contributed by atoms with Gasteiger partial charge >= 0.3 is 5.97 Å². The Labute approximate surface area is 104 Å². The van der Waals surface area contributed by atoms with E-state index in [1.165, 1.54) is 23.1 Å². The standard InChI is InChI=1S/C11H14ClFN2O2/c1-14-9(11(16)17)6-15(2)10-5-7(12)3-4-8(10)13/h3-5,9,14H,6H2,1-2H3,(H,16,17). The number of rotatable bonds is 5. The molecule has 6 heteroatoms. The van der Waals surface area contributed by atoms with Crippen LogP contribution < -0.4 is 10.2 Å². The lowest BCUT2D eigenvalue weighted by atomic mass is 10.2. The number of halogens is 2. The number of carboxylic acid groups (broad SMARTS) is 1. The monoisotopic (exact) mass is 260 g/mol. The van der Waals surface area contributed by atoms with Crippen molar-refractivity contribution in [1.29, 1.82) is 0 Å². The molecule has 1 unspecified atom stereocenters. The minimum Gasteiger partial charge on any atom is -0.480 e. The van der Waals surface area contributed by atoms with E-state index in [2.05, 4.69) is 5.32 Å². The highest BCUT2D eigenvalue weighted by molar-refractivity contribution is 6.30. The van der Waals surface area contributed by atoms with Crippen LogP contribution in [0.4, 0.5) is 10.1 Å². The number of nitrogens with zero attached hydrogens (tertiary/aromatic N) is 1. The van der Waals surface area contributed by atoms with Crippen molar-refractivity contribution in [3.63, 3.8) is 0 Å². The number of anilines is 1. The fraction of sp³-hybridized carbons (Fsp3) is 0.364. The second-order valence-corrected chi connectivity index (χ2v) is 4.09. The smallest absolute Gasteiger partial charge is 0.322 e. The molecule has 1 aromatic rings. The highest BCUT2D eigenvalue weighted by Crippen LogP contribution is 2.22. The van der Waals surface area contributed by atoms with E-state index in [-0.39, 0.29) is 12.2 Å². The summed E-state index contributed by atoms with van der Waals surface area (Å²) in [6.07, 6.45) is 0. The third-order valence-electron chi connectivity index (χ3n) is 2.42. The van der Waals surface area contributed by atoms with E-state index in [1.54, 1.807) is 14.1 Å². The summed E-state index contributed by atoms with van der Waals surface area (Å²) in [6, 6.07) is 3.40. The molecule has 0 aliphatic heterocycles. The molecular formula is C11H14ClFN2O2. The van der Waals surface area contributed by atoms with Gasteiger partial charge in [-0.2, -0.15) is 0 Å². The molecule has 0 fully saturated rings. The first-order chi connectivity index (χ1) is 7.95. The second kappa shape index (κ2) is 5.84. The number of aliphatic carboxylic acids is 1. The van der Waals surface area contributed by atoms with Crippen molar-refractivity contribution in [3.05, 3.63) is 29.0 Å². The molecule has 0 saturated heterocycles. The van der Waals surface area contributed by atoms with E-state index in [0.29, 0.717) is 5.02 Å². The molecule has 0 heterocycles. The zero-order chi connectivity index (χ0) is 13.0. The Morgan fingerprint density at radius 3 is 2.82 bits per heavy atom. The van der Waals surface area contributed by atoms with Gasteiger partial charge in [-0.25, -0.2) is 4.39 Å². The zero-order valence-corrected chi connectivity index (χ0v) is 10.3. The highest BCUT2D eigenvalue weighted by atomic mass is 35.5. The summed E-state index contributed by atoms with van der Waals surface area (Å²) in [6.45, 7) is 0.142. The van der Waals surface area contributed by atoms with Crippen LogP contribution in [0.3, 0.4) is 0 Å². The number of carbonyl (C=O) groups is 1. The number of nitrogens with one attached hydrogen (secondary N) is 1. The Hall–Kier alpha value is -1.33. The molecular weight excluding hydrogens is 247 g/mol. The highest BCUT2D eigenvalue weighted by Gasteiger charge is 2.18. The van der Waals surface area contributed by atoms with Gasteiger partial charge in [-0.1, -0.05) is 11.6 Å². The van der Waals surface area contributed by atoms with Crippen LogP contribution in [-0.2, 0) is 4.79 Å². The molecule has 0 bridgehead atoms. The lowest BCUT2D eigenvalue weighted by molar-refractivity contribution is -0.139. The van der Waals surface area contributed by atoms with Crippen LogP contribution in [0, 0.1) is 5.82 Å². The SMILES string of the molecule is CNC(CN(C)c1cc(Cl)ccc1F)C(=O)O. The number of hydrogen-bond donors (Lipinski definition) is 2. The molecule has 4 nitrogen and oxygen atoms in total. The van der Waals surface area contributed by atoms with Gasteiger partial charge in [0.15, 0.2) is 0 Å². The predicted octanol–water partition coefficient (Wildman–Crippen LogP) is 1.59. The summed E-state index contributed by atoms with van der Waals surface area (Å²) in [5, 5.41) is 11.9. The van der Waals surface area contributed by atoms with Gasteiger partial charge in [0.1, 0.15) is 11.9 Å². The fourth-order valence-corrected chi connectivity index (χ4v) is 1.61. The molecule has 1 atom stereocenters. The van der Waals surface area contributed by atoms with E-state index >= 15 is 0 Å². The third kappa shape index (κ3) is 3.57. The van der Waals surface area contributed by atoms with Crippen LogP contribution in [-0.4, -0.2) is 37.8 Å². The van der Waals surface area contributed by atoms with Crippen molar-refractivity contribution in [2.75, 3.05) is 25.5 Å². The third-order valence-corrected chi connectivity index (χ3v) is 2.66. The molecule has 0 aliphatic carbocycles. The first kappa shape index (κ1) is 13.7. The summed E-state index contributed by atoms with van der Waals surface area (Å²) >= 11 is 5.77. The average Bonchev–Trinajstić information content (AvgIpc) is 2.28. The van der Waals surface area contributed by atoms with Crippen LogP contribution in [0.1, 0.15) is 0 Å². The minimum atomic E-state index is -0.984. The molecule has 94 valence electrons. The predicted molar refractivity (Wildman–Crippen MR) is 65.2 cm³/mol. The van der Waals surface area contributed by atoms with Crippen LogP contribution >= 0.6 is 11.6 Å². The summed E-state index contributed by atoms with van der Waals surface area (Å²) in [4.78, 5) is 12.4. The Bertz CT molecular complexity index is 414. The van der Waals surface area contributed by atoms with Crippen LogP contribution in [0.25, 0.3) is 0 Å². The summed E-state index contributed by atoms with van der Waals surface area (Å²) in [7, 11) is 3.16. The lowest BCUT2D eigenvalue weighted by Gasteiger charge is -2.23. The number of carboxylic acids is 1. The maximum absolute atomic E-state index is 13.5. The molecule has 0 radical (unpaired) electrons. The molecule has 0 aromatic heterocycles. The van der Waals surface area contributed by atoms with E-state index in [0.717, 1.165) is 0 Å².